The van der Waals surface area contributed by atoms with Crippen LogP contribution < -0.4 is 10.1 Å². The molecule has 1 aromatic heterocycles. The highest BCUT2D eigenvalue weighted by atomic mass is 16.5. The molecule has 0 spiro atoms. The summed E-state index contributed by atoms with van der Waals surface area (Å²) in [7, 11) is 1.57. The van der Waals surface area contributed by atoms with Crippen molar-refractivity contribution in [1.29, 1.82) is 5.26 Å². The molecule has 0 bridgehead atoms. The van der Waals surface area contributed by atoms with Crippen molar-refractivity contribution in [3.05, 3.63) is 77.6 Å². The van der Waals surface area contributed by atoms with E-state index in [1.807, 2.05) is 43.3 Å². The summed E-state index contributed by atoms with van der Waals surface area (Å²) >= 11 is 0. The van der Waals surface area contributed by atoms with E-state index in [1.54, 1.807) is 37.4 Å². The van der Waals surface area contributed by atoms with Gasteiger partial charge in [-0.25, -0.2) is 0 Å². The topological polar surface area (TPSA) is 75.3 Å². The van der Waals surface area contributed by atoms with Gasteiger partial charge in [-0.1, -0.05) is 29.8 Å². The van der Waals surface area contributed by atoms with Crippen molar-refractivity contribution in [1.82, 2.24) is 0 Å². The maximum Gasteiger partial charge on any atom is 0.266 e. The Hall–Kier alpha value is -3.78. The molecule has 0 aliphatic heterocycles. The van der Waals surface area contributed by atoms with Crippen LogP contribution in [0, 0.1) is 18.3 Å². The Balaban J connectivity index is 1.76. The van der Waals surface area contributed by atoms with Crippen LogP contribution >= 0.6 is 0 Å². The number of anilines is 1. The number of nitrogens with one attached hydrogen (secondary N) is 1. The SMILES string of the molecule is COc1ccc(NC(=O)C(C#N)=Cc2ccc(-c3ccc(C)cc3)o2)cc1. The van der Waals surface area contributed by atoms with Gasteiger partial charge in [-0.05, 0) is 43.3 Å². The van der Waals surface area contributed by atoms with Gasteiger partial charge in [-0.3, -0.25) is 4.79 Å². The highest BCUT2D eigenvalue weighted by Gasteiger charge is 2.11. The Morgan fingerprint density at radius 3 is 2.41 bits per heavy atom. The Labute approximate surface area is 157 Å². The van der Waals surface area contributed by atoms with Gasteiger partial charge >= 0.3 is 0 Å². The van der Waals surface area contributed by atoms with Crippen molar-refractivity contribution in [2.24, 2.45) is 0 Å². The molecule has 0 aliphatic rings. The Kier molecular flexibility index (Phi) is 5.38. The molecule has 27 heavy (non-hydrogen) atoms. The number of ether oxygens (including phenoxy) is 1. The van der Waals surface area contributed by atoms with Gasteiger partial charge in [-0.2, -0.15) is 5.26 Å². The predicted molar refractivity (Wildman–Crippen MR) is 104 cm³/mol. The van der Waals surface area contributed by atoms with Crippen LogP contribution in [0.4, 0.5) is 5.69 Å². The monoisotopic (exact) mass is 358 g/mol. The van der Waals surface area contributed by atoms with E-state index < -0.39 is 5.91 Å². The van der Waals surface area contributed by atoms with Crippen LogP contribution in [0.5, 0.6) is 5.75 Å². The zero-order chi connectivity index (χ0) is 19.2. The average molecular weight is 358 g/mol. The third-order valence-electron chi connectivity index (χ3n) is 3.96. The molecule has 2 aromatic carbocycles. The maximum absolute atomic E-state index is 12.3. The molecule has 0 atom stereocenters. The molecule has 0 unspecified atom stereocenters. The van der Waals surface area contributed by atoms with Crippen molar-refractivity contribution >= 4 is 17.7 Å². The second kappa shape index (κ2) is 8.07. The average Bonchev–Trinajstić information content (AvgIpc) is 3.16. The van der Waals surface area contributed by atoms with Crippen molar-refractivity contribution in [2.75, 3.05) is 12.4 Å². The molecule has 1 N–H and O–H groups in total. The molecule has 0 aliphatic carbocycles. The van der Waals surface area contributed by atoms with Crippen LogP contribution in [0.25, 0.3) is 17.4 Å². The third-order valence-corrected chi connectivity index (χ3v) is 3.96. The number of nitrogens with zero attached hydrogens (tertiary/aromatic N) is 1. The lowest BCUT2D eigenvalue weighted by Gasteiger charge is -2.05. The van der Waals surface area contributed by atoms with Gasteiger partial charge < -0.3 is 14.5 Å². The summed E-state index contributed by atoms with van der Waals surface area (Å²) in [4.78, 5) is 12.3. The second-order valence-corrected chi connectivity index (χ2v) is 5.92. The first-order valence-electron chi connectivity index (χ1n) is 8.33. The van der Waals surface area contributed by atoms with Gasteiger partial charge in [0.05, 0.1) is 7.11 Å². The van der Waals surface area contributed by atoms with E-state index in [9.17, 15) is 10.1 Å². The van der Waals surface area contributed by atoms with Crippen LogP contribution in [0.2, 0.25) is 0 Å². The molecule has 0 fully saturated rings. The number of benzene rings is 2. The number of carbonyl (C=O) groups is 1. The number of aryl methyl sites for hydroxylation is 1. The first kappa shape index (κ1) is 18.0. The minimum Gasteiger partial charge on any atom is -0.497 e. The van der Waals surface area contributed by atoms with Crippen molar-refractivity contribution < 1.29 is 13.9 Å². The highest BCUT2D eigenvalue weighted by molar-refractivity contribution is 6.09. The molecule has 5 heteroatoms. The van der Waals surface area contributed by atoms with E-state index in [1.165, 1.54) is 6.08 Å². The van der Waals surface area contributed by atoms with Crippen molar-refractivity contribution in [3.8, 4) is 23.1 Å². The fourth-order valence-corrected chi connectivity index (χ4v) is 2.47. The van der Waals surface area contributed by atoms with E-state index in [0.29, 0.717) is 23.0 Å². The summed E-state index contributed by atoms with van der Waals surface area (Å²) in [5, 5.41) is 12.0. The first-order valence-corrected chi connectivity index (χ1v) is 8.33. The molecular weight excluding hydrogens is 340 g/mol. The Morgan fingerprint density at radius 1 is 1.07 bits per heavy atom. The molecule has 134 valence electrons. The van der Waals surface area contributed by atoms with Gasteiger partial charge in [0, 0.05) is 17.3 Å². The lowest BCUT2D eigenvalue weighted by atomic mass is 10.1. The standard InChI is InChI=1S/C22H18N2O3/c1-15-3-5-16(6-4-15)21-12-11-20(27-21)13-17(14-23)22(25)24-18-7-9-19(26-2)10-8-18/h3-13H,1-2H3,(H,24,25). The first-order chi connectivity index (χ1) is 13.1. The molecular formula is C22H18N2O3. The zero-order valence-corrected chi connectivity index (χ0v) is 15.0. The summed E-state index contributed by atoms with van der Waals surface area (Å²) < 4.78 is 10.8. The van der Waals surface area contributed by atoms with E-state index >= 15 is 0 Å². The number of nitriles is 1. The Bertz CT molecular complexity index is 1010. The van der Waals surface area contributed by atoms with E-state index in [0.717, 1.165) is 11.1 Å². The number of rotatable bonds is 5. The normalized spacial score (nSPS) is 10.9. The summed E-state index contributed by atoms with van der Waals surface area (Å²) in [5.41, 5.74) is 2.62. The third kappa shape index (κ3) is 4.44. The lowest BCUT2D eigenvalue weighted by molar-refractivity contribution is -0.112. The van der Waals surface area contributed by atoms with E-state index in [2.05, 4.69) is 5.32 Å². The summed E-state index contributed by atoms with van der Waals surface area (Å²) in [6.07, 6.45) is 1.43. The smallest absolute Gasteiger partial charge is 0.266 e. The summed E-state index contributed by atoms with van der Waals surface area (Å²) in [5.74, 6) is 1.29. The molecule has 3 aromatic rings. The largest absolute Gasteiger partial charge is 0.497 e. The molecule has 1 amide bonds. The predicted octanol–water partition coefficient (Wildman–Crippen LogP) is 4.81. The molecule has 3 rings (SSSR count). The Morgan fingerprint density at radius 2 is 1.78 bits per heavy atom. The van der Waals surface area contributed by atoms with Crippen molar-refractivity contribution in [2.45, 2.75) is 6.92 Å². The fraction of sp³-hybridized carbons (Fsp3) is 0.0909. The minimum atomic E-state index is -0.504. The van der Waals surface area contributed by atoms with Crippen LogP contribution in [0.1, 0.15) is 11.3 Å². The number of hydrogen-bond acceptors (Lipinski definition) is 4. The van der Waals surface area contributed by atoms with Gasteiger partial charge in [-0.15, -0.1) is 0 Å². The van der Waals surface area contributed by atoms with Crippen LogP contribution in [0.15, 0.2) is 70.7 Å². The maximum atomic E-state index is 12.3. The number of methoxy groups -OCH3 is 1. The second-order valence-electron chi connectivity index (χ2n) is 5.92. The fourth-order valence-electron chi connectivity index (χ4n) is 2.47. The molecule has 0 saturated heterocycles. The quantitative estimate of drug-likeness (QED) is 0.525. The minimum absolute atomic E-state index is 0.0457. The number of hydrogen-bond donors (Lipinski definition) is 1. The van der Waals surface area contributed by atoms with E-state index in [-0.39, 0.29) is 5.57 Å². The molecule has 0 radical (unpaired) electrons. The molecule has 0 saturated carbocycles. The van der Waals surface area contributed by atoms with Crippen LogP contribution in [0.3, 0.4) is 0 Å². The van der Waals surface area contributed by atoms with Gasteiger partial charge in [0.15, 0.2) is 0 Å². The lowest BCUT2D eigenvalue weighted by Crippen LogP contribution is -2.13. The molecule has 1 heterocycles. The van der Waals surface area contributed by atoms with Crippen LogP contribution in [-0.4, -0.2) is 13.0 Å². The number of amides is 1. The number of carbonyl (C=O) groups excluding carboxylic acids is 1. The summed E-state index contributed by atoms with van der Waals surface area (Å²) in [6, 6.07) is 20.2. The molecule has 5 nitrogen and oxygen atoms in total. The highest BCUT2D eigenvalue weighted by Crippen LogP contribution is 2.24. The number of furan rings is 1. The van der Waals surface area contributed by atoms with Gasteiger partial charge in [0.1, 0.15) is 28.9 Å². The summed E-state index contributed by atoms with van der Waals surface area (Å²) in [6.45, 7) is 2.01. The van der Waals surface area contributed by atoms with E-state index in [4.69, 9.17) is 9.15 Å². The van der Waals surface area contributed by atoms with Gasteiger partial charge in [0.2, 0.25) is 0 Å². The zero-order valence-electron chi connectivity index (χ0n) is 15.0. The van der Waals surface area contributed by atoms with Crippen LogP contribution in [-0.2, 0) is 4.79 Å². The van der Waals surface area contributed by atoms with Gasteiger partial charge in [0.25, 0.3) is 5.91 Å². The van der Waals surface area contributed by atoms with Crippen molar-refractivity contribution in [3.63, 3.8) is 0 Å².